The summed E-state index contributed by atoms with van der Waals surface area (Å²) in [6.07, 6.45) is 0.138. The maximum atomic E-state index is 13.7. The number of carboxylic acid groups (broad SMARTS) is 1. The van der Waals surface area contributed by atoms with Crippen LogP contribution in [0.1, 0.15) is 58.6 Å². The number of alkyl carbamates (subject to hydrolysis) is 1. The van der Waals surface area contributed by atoms with Crippen molar-refractivity contribution in [2.45, 2.75) is 78.2 Å². The Labute approximate surface area is 263 Å². The number of para-hydroxylation sites is 1. The molecule has 0 spiro atoms. The Morgan fingerprint density at radius 1 is 0.889 bits per heavy atom. The summed E-state index contributed by atoms with van der Waals surface area (Å²) in [5, 5.41) is 15.8. The number of nitrogens with zero attached hydrogens (tertiary/aromatic N) is 1. The molecule has 3 rings (SSSR count). The molecule has 3 N–H and O–H groups in total. The number of hydrogen-bond acceptors (Lipinski definition) is 7. The third kappa shape index (κ3) is 10.5. The average molecular weight is 622 g/mol. The van der Waals surface area contributed by atoms with E-state index in [1.165, 1.54) is 0 Å². The molecule has 242 valence electrons. The van der Waals surface area contributed by atoms with Gasteiger partial charge in [0, 0.05) is 37.0 Å². The van der Waals surface area contributed by atoms with Gasteiger partial charge < -0.3 is 29.8 Å². The van der Waals surface area contributed by atoms with E-state index in [-0.39, 0.29) is 25.4 Å². The number of nitrogens with one attached hydrogen (secondary N) is 2. The van der Waals surface area contributed by atoms with Gasteiger partial charge in [-0.15, -0.1) is 0 Å². The molecule has 1 heterocycles. The number of aromatic nitrogens is 1. The topological polar surface area (TPSA) is 153 Å². The zero-order chi connectivity index (χ0) is 33.3. The largest absolute Gasteiger partial charge is 0.481 e. The molecule has 0 saturated heterocycles. The minimum absolute atomic E-state index is 0.0635. The van der Waals surface area contributed by atoms with Crippen LogP contribution in [-0.2, 0) is 48.7 Å². The molecule has 3 aromatic rings. The summed E-state index contributed by atoms with van der Waals surface area (Å²) in [5.74, 6) is -4.45. The van der Waals surface area contributed by atoms with Gasteiger partial charge in [-0.1, -0.05) is 62.4 Å². The lowest BCUT2D eigenvalue weighted by atomic mass is 9.87. The predicted octanol–water partition coefficient (Wildman–Crippen LogP) is 4.55. The molecule has 0 radical (unpaired) electrons. The number of fused-ring (bicyclic) bond motifs is 1. The van der Waals surface area contributed by atoms with E-state index in [2.05, 4.69) is 10.6 Å². The molecule has 1 aromatic heterocycles. The number of esters is 1. The van der Waals surface area contributed by atoms with Crippen molar-refractivity contribution in [3.8, 4) is 0 Å². The number of carbonyl (C=O) groups is 5. The number of Topliss-reactive ketones (excluding diaryl/α,β-unsaturated/α-hetero) is 1. The smallest absolute Gasteiger partial charge is 0.408 e. The summed E-state index contributed by atoms with van der Waals surface area (Å²) in [6, 6.07) is 13.9. The highest BCUT2D eigenvalue weighted by Crippen LogP contribution is 2.24. The van der Waals surface area contributed by atoms with Gasteiger partial charge >= 0.3 is 18.0 Å². The molecule has 3 atom stereocenters. The van der Waals surface area contributed by atoms with Gasteiger partial charge in [-0.2, -0.15) is 0 Å². The quantitative estimate of drug-likeness (QED) is 0.222. The van der Waals surface area contributed by atoms with E-state index in [4.69, 9.17) is 9.47 Å². The maximum Gasteiger partial charge on any atom is 0.408 e. The van der Waals surface area contributed by atoms with Crippen molar-refractivity contribution in [3.05, 3.63) is 71.9 Å². The van der Waals surface area contributed by atoms with Crippen LogP contribution in [0.2, 0.25) is 0 Å². The van der Waals surface area contributed by atoms with Crippen molar-refractivity contribution in [2.75, 3.05) is 0 Å². The van der Waals surface area contributed by atoms with E-state index < -0.39 is 59.7 Å². The summed E-state index contributed by atoms with van der Waals surface area (Å²) in [4.78, 5) is 64.8. The molecule has 0 aliphatic heterocycles. The Hall–Kier alpha value is -4.67. The molecule has 0 aliphatic rings. The number of ketones is 1. The van der Waals surface area contributed by atoms with Crippen LogP contribution >= 0.6 is 0 Å². The Morgan fingerprint density at radius 2 is 1.53 bits per heavy atom. The van der Waals surface area contributed by atoms with Gasteiger partial charge in [-0.05, 0) is 43.9 Å². The van der Waals surface area contributed by atoms with Crippen molar-refractivity contribution < 1.29 is 38.6 Å². The van der Waals surface area contributed by atoms with Crippen LogP contribution in [-0.4, -0.2) is 57.1 Å². The summed E-state index contributed by atoms with van der Waals surface area (Å²) >= 11 is 0. The van der Waals surface area contributed by atoms with Crippen molar-refractivity contribution in [2.24, 2.45) is 18.9 Å². The van der Waals surface area contributed by atoms with Crippen molar-refractivity contribution in [1.82, 2.24) is 15.2 Å². The highest BCUT2D eigenvalue weighted by Gasteiger charge is 2.33. The number of benzene rings is 2. The maximum absolute atomic E-state index is 13.7. The van der Waals surface area contributed by atoms with Gasteiger partial charge in [0.05, 0.1) is 18.4 Å². The van der Waals surface area contributed by atoms with Crippen LogP contribution in [0.4, 0.5) is 4.79 Å². The first-order chi connectivity index (χ1) is 21.1. The van der Waals surface area contributed by atoms with Crippen LogP contribution in [0, 0.1) is 11.8 Å². The summed E-state index contributed by atoms with van der Waals surface area (Å²) < 4.78 is 12.6. The number of aliphatic carboxylic acids is 1. The SMILES string of the molecule is CC(C)[C@H](CC(=O)[C@H](Cc1cn(C)c2ccccc12)NC(=O)[C@H](CC(=O)OC(C)(C)C)NC(=O)OCc1ccccc1)C(=O)O. The Bertz CT molecular complexity index is 1510. The molecule has 0 fully saturated rings. The number of carbonyl (C=O) groups excluding carboxylic acids is 4. The molecule has 45 heavy (non-hydrogen) atoms. The average Bonchev–Trinajstić information content (AvgIpc) is 3.28. The zero-order valence-electron chi connectivity index (χ0n) is 26.7. The zero-order valence-corrected chi connectivity index (χ0v) is 26.7. The second kappa shape index (κ2) is 15.4. The van der Waals surface area contributed by atoms with Crippen molar-refractivity contribution >= 4 is 40.6 Å². The Kier molecular flexibility index (Phi) is 11.9. The fourth-order valence-electron chi connectivity index (χ4n) is 4.96. The number of amides is 2. The van der Waals surface area contributed by atoms with Gasteiger partial charge in [0.1, 0.15) is 18.2 Å². The molecule has 0 unspecified atom stereocenters. The van der Waals surface area contributed by atoms with Crippen molar-refractivity contribution in [3.63, 3.8) is 0 Å². The van der Waals surface area contributed by atoms with E-state index in [1.54, 1.807) is 58.9 Å². The fourth-order valence-corrected chi connectivity index (χ4v) is 4.96. The fraction of sp³-hybridized carbons (Fsp3) is 0.441. The summed E-state index contributed by atoms with van der Waals surface area (Å²) in [7, 11) is 1.86. The van der Waals surface area contributed by atoms with Gasteiger partial charge in [0.2, 0.25) is 5.91 Å². The molecule has 0 aliphatic carbocycles. The normalized spacial score (nSPS) is 13.5. The lowest BCUT2D eigenvalue weighted by Gasteiger charge is -2.25. The minimum atomic E-state index is -1.44. The van der Waals surface area contributed by atoms with Crippen LogP contribution in [0.25, 0.3) is 10.9 Å². The highest BCUT2D eigenvalue weighted by molar-refractivity contribution is 5.96. The van der Waals surface area contributed by atoms with E-state index >= 15 is 0 Å². The van der Waals surface area contributed by atoms with Crippen LogP contribution < -0.4 is 10.6 Å². The van der Waals surface area contributed by atoms with Crippen LogP contribution in [0.15, 0.2) is 60.8 Å². The molecule has 11 nitrogen and oxygen atoms in total. The second-order valence-corrected chi connectivity index (χ2v) is 12.5. The first-order valence-corrected chi connectivity index (χ1v) is 14.9. The first kappa shape index (κ1) is 34.8. The van der Waals surface area contributed by atoms with E-state index in [0.717, 1.165) is 22.0 Å². The van der Waals surface area contributed by atoms with Gasteiger partial charge in [-0.25, -0.2) is 4.79 Å². The molecular formula is C34H43N3O8. The summed E-state index contributed by atoms with van der Waals surface area (Å²) in [5.41, 5.74) is 1.56. The van der Waals surface area contributed by atoms with Gasteiger partial charge in [-0.3, -0.25) is 19.2 Å². The predicted molar refractivity (Wildman–Crippen MR) is 168 cm³/mol. The molecule has 0 saturated carbocycles. The Balaban J connectivity index is 1.88. The highest BCUT2D eigenvalue weighted by atomic mass is 16.6. The van der Waals surface area contributed by atoms with E-state index in [1.807, 2.05) is 48.1 Å². The standard InChI is InChI=1S/C34H43N3O8/c1-21(2)25(32(41)42)17-29(38)26(16-23-19-37(6)28-15-11-10-14-24(23)28)35-31(40)27(18-30(39)45-34(3,4)5)36-33(43)44-20-22-12-8-7-9-13-22/h7-15,19,21,25-27H,16-18,20H2,1-6H3,(H,35,40)(H,36,43)(H,41,42)/t25-,26-,27-/m0/s1. The third-order valence-electron chi connectivity index (χ3n) is 7.26. The molecule has 0 bridgehead atoms. The number of aryl methyl sites for hydroxylation is 1. The van der Waals surface area contributed by atoms with Crippen molar-refractivity contribution in [1.29, 1.82) is 0 Å². The monoisotopic (exact) mass is 621 g/mol. The van der Waals surface area contributed by atoms with Crippen LogP contribution in [0.3, 0.4) is 0 Å². The number of ether oxygens (including phenoxy) is 2. The molecular weight excluding hydrogens is 578 g/mol. The third-order valence-corrected chi connectivity index (χ3v) is 7.26. The van der Waals surface area contributed by atoms with Gasteiger partial charge in [0.15, 0.2) is 5.78 Å². The second-order valence-electron chi connectivity index (χ2n) is 12.5. The molecule has 2 aromatic carbocycles. The van der Waals surface area contributed by atoms with Gasteiger partial charge in [0.25, 0.3) is 0 Å². The Morgan fingerprint density at radius 3 is 2.16 bits per heavy atom. The molecule has 11 heteroatoms. The van der Waals surface area contributed by atoms with Crippen LogP contribution in [0.5, 0.6) is 0 Å². The number of carboxylic acids is 1. The number of hydrogen-bond donors (Lipinski definition) is 3. The first-order valence-electron chi connectivity index (χ1n) is 14.9. The number of rotatable bonds is 14. The minimum Gasteiger partial charge on any atom is -0.481 e. The summed E-state index contributed by atoms with van der Waals surface area (Å²) in [6.45, 7) is 8.38. The lowest BCUT2D eigenvalue weighted by Crippen LogP contribution is -2.53. The lowest BCUT2D eigenvalue weighted by molar-refractivity contribution is -0.156. The van der Waals surface area contributed by atoms with E-state index in [9.17, 15) is 29.1 Å². The molecule has 2 amide bonds. The van der Waals surface area contributed by atoms with E-state index in [0.29, 0.717) is 0 Å².